The summed E-state index contributed by atoms with van der Waals surface area (Å²) in [7, 11) is 0. The molecule has 0 spiro atoms. The summed E-state index contributed by atoms with van der Waals surface area (Å²) in [5.74, 6) is -1.38. The molecule has 8 heteroatoms. The molecule has 1 aromatic heterocycles. The van der Waals surface area contributed by atoms with Gasteiger partial charge < -0.3 is 10.1 Å². The van der Waals surface area contributed by atoms with Crippen LogP contribution in [0.1, 0.15) is 29.8 Å². The lowest BCUT2D eigenvalue weighted by Gasteiger charge is -2.12. The van der Waals surface area contributed by atoms with Crippen LogP contribution in [0.25, 0.3) is 11.1 Å². The third-order valence-electron chi connectivity index (χ3n) is 3.43. The molecular formula is C17H16Cl3NO3S. The highest BCUT2D eigenvalue weighted by Gasteiger charge is 2.33. The first-order chi connectivity index (χ1) is 11.8. The van der Waals surface area contributed by atoms with Gasteiger partial charge in [-0.25, -0.2) is 4.79 Å². The van der Waals surface area contributed by atoms with Crippen LogP contribution in [0, 0.1) is 0 Å². The highest BCUT2D eigenvalue weighted by molar-refractivity contribution is 7.15. The number of benzene rings is 1. The first-order valence-corrected chi connectivity index (χ1v) is 9.55. The van der Waals surface area contributed by atoms with Crippen molar-refractivity contribution in [3.63, 3.8) is 0 Å². The molecule has 2 aromatic rings. The second-order valence-corrected chi connectivity index (χ2v) is 8.24. The van der Waals surface area contributed by atoms with E-state index in [4.69, 9.17) is 39.5 Å². The van der Waals surface area contributed by atoms with E-state index in [1.807, 2.05) is 24.3 Å². The second-order valence-electron chi connectivity index (χ2n) is 5.08. The number of hydrogen-bond donors (Lipinski definition) is 1. The maximum atomic E-state index is 12.4. The summed E-state index contributed by atoms with van der Waals surface area (Å²) in [5, 5.41) is 4.53. The number of carbonyl (C=O) groups is 2. The standard InChI is InChI=1S/C17H16Cl3NO3S/c1-3-10-5-7-11(8-6-10)12-9-25-14(13(12)15(22)24-4-2)21-16(23)17(18,19)20/h5-9H,3-4H2,1-2H3,(H,21,23). The molecule has 2 rings (SSSR count). The van der Waals surface area contributed by atoms with Gasteiger partial charge in [0.1, 0.15) is 10.6 Å². The zero-order valence-corrected chi connectivity index (χ0v) is 16.7. The Morgan fingerprint density at radius 1 is 1.16 bits per heavy atom. The summed E-state index contributed by atoms with van der Waals surface area (Å²) in [5.41, 5.74) is 2.93. The number of aryl methyl sites for hydroxylation is 1. The molecule has 0 aliphatic carbocycles. The van der Waals surface area contributed by atoms with Crippen molar-refractivity contribution in [2.75, 3.05) is 11.9 Å². The van der Waals surface area contributed by atoms with Crippen LogP contribution in [-0.4, -0.2) is 22.3 Å². The van der Waals surface area contributed by atoms with Gasteiger partial charge in [-0.05, 0) is 24.5 Å². The second kappa shape index (κ2) is 8.41. The van der Waals surface area contributed by atoms with Crippen molar-refractivity contribution >= 4 is 63.0 Å². The highest BCUT2D eigenvalue weighted by Crippen LogP contribution is 2.38. The summed E-state index contributed by atoms with van der Waals surface area (Å²) in [6, 6.07) is 7.82. The number of ether oxygens (including phenoxy) is 1. The van der Waals surface area contributed by atoms with E-state index in [1.165, 1.54) is 16.9 Å². The Morgan fingerprint density at radius 3 is 2.32 bits per heavy atom. The quantitative estimate of drug-likeness (QED) is 0.516. The van der Waals surface area contributed by atoms with Gasteiger partial charge in [-0.3, -0.25) is 4.79 Å². The van der Waals surface area contributed by atoms with E-state index >= 15 is 0 Å². The van der Waals surface area contributed by atoms with Crippen molar-refractivity contribution in [2.45, 2.75) is 24.1 Å². The van der Waals surface area contributed by atoms with Crippen molar-refractivity contribution in [3.05, 3.63) is 40.8 Å². The molecule has 134 valence electrons. The maximum Gasteiger partial charge on any atom is 0.341 e. The average Bonchev–Trinajstić information content (AvgIpc) is 2.98. The van der Waals surface area contributed by atoms with Crippen LogP contribution in [-0.2, 0) is 16.0 Å². The molecule has 1 N–H and O–H groups in total. The summed E-state index contributed by atoms with van der Waals surface area (Å²) >= 11 is 17.9. The van der Waals surface area contributed by atoms with E-state index < -0.39 is 15.7 Å². The lowest BCUT2D eigenvalue weighted by Crippen LogP contribution is -2.27. The van der Waals surface area contributed by atoms with Crippen molar-refractivity contribution in [3.8, 4) is 11.1 Å². The SMILES string of the molecule is CCOC(=O)c1c(-c2ccc(CC)cc2)csc1NC(=O)C(Cl)(Cl)Cl. The van der Waals surface area contributed by atoms with Crippen LogP contribution in [0.3, 0.4) is 0 Å². The molecule has 0 aliphatic heterocycles. The molecule has 25 heavy (non-hydrogen) atoms. The van der Waals surface area contributed by atoms with Crippen LogP contribution >= 0.6 is 46.1 Å². The summed E-state index contributed by atoms with van der Waals surface area (Å²) < 4.78 is 2.99. The molecular weight excluding hydrogens is 405 g/mol. The zero-order chi connectivity index (χ0) is 18.6. The van der Waals surface area contributed by atoms with Gasteiger partial charge in [0.05, 0.1) is 6.61 Å². The molecule has 1 aromatic carbocycles. The van der Waals surface area contributed by atoms with Crippen LogP contribution in [0.2, 0.25) is 0 Å². The van der Waals surface area contributed by atoms with Crippen LogP contribution in [0.15, 0.2) is 29.6 Å². The smallest absolute Gasteiger partial charge is 0.341 e. The van der Waals surface area contributed by atoms with Crippen molar-refractivity contribution in [2.24, 2.45) is 0 Å². The third-order valence-corrected chi connectivity index (χ3v) is 4.84. The molecule has 0 saturated carbocycles. The lowest BCUT2D eigenvalue weighted by atomic mass is 10.0. The lowest BCUT2D eigenvalue weighted by molar-refractivity contribution is -0.115. The van der Waals surface area contributed by atoms with Gasteiger partial charge in [0.2, 0.25) is 0 Å². The van der Waals surface area contributed by atoms with Crippen molar-refractivity contribution in [1.29, 1.82) is 0 Å². The minimum absolute atomic E-state index is 0.209. The number of amides is 1. The van der Waals surface area contributed by atoms with Gasteiger partial charge in [-0.2, -0.15) is 0 Å². The Kier molecular flexibility index (Phi) is 6.74. The number of carbonyl (C=O) groups excluding carboxylic acids is 2. The van der Waals surface area contributed by atoms with Gasteiger partial charge in [-0.1, -0.05) is 66.0 Å². The molecule has 0 radical (unpaired) electrons. The minimum Gasteiger partial charge on any atom is -0.462 e. The Balaban J connectivity index is 2.46. The number of alkyl halides is 3. The molecule has 4 nitrogen and oxygen atoms in total. The Hall–Kier alpha value is -1.27. The van der Waals surface area contributed by atoms with E-state index in [0.29, 0.717) is 5.56 Å². The topological polar surface area (TPSA) is 55.4 Å². The average molecular weight is 421 g/mol. The molecule has 0 fully saturated rings. The van der Waals surface area contributed by atoms with Crippen LogP contribution in [0.5, 0.6) is 0 Å². The molecule has 0 bridgehead atoms. The summed E-state index contributed by atoms with van der Waals surface area (Å²) in [6.45, 7) is 3.98. The van der Waals surface area contributed by atoms with Crippen molar-refractivity contribution in [1.82, 2.24) is 0 Å². The van der Waals surface area contributed by atoms with Gasteiger partial charge in [-0.15, -0.1) is 11.3 Å². The van der Waals surface area contributed by atoms with E-state index in [1.54, 1.807) is 12.3 Å². The molecule has 1 heterocycles. The number of nitrogens with one attached hydrogen (secondary N) is 1. The first-order valence-electron chi connectivity index (χ1n) is 7.54. The maximum absolute atomic E-state index is 12.4. The van der Waals surface area contributed by atoms with Gasteiger partial charge >= 0.3 is 5.97 Å². The fraction of sp³-hybridized carbons (Fsp3) is 0.294. The number of hydrogen-bond acceptors (Lipinski definition) is 4. The number of halogens is 3. The normalized spacial score (nSPS) is 11.2. The van der Waals surface area contributed by atoms with E-state index in [9.17, 15) is 9.59 Å². The Morgan fingerprint density at radius 2 is 1.80 bits per heavy atom. The van der Waals surface area contributed by atoms with Gasteiger partial charge in [0.15, 0.2) is 0 Å². The summed E-state index contributed by atoms with van der Waals surface area (Å²) in [4.78, 5) is 24.4. The highest BCUT2D eigenvalue weighted by atomic mass is 35.6. The third kappa shape index (κ3) is 4.88. The zero-order valence-electron chi connectivity index (χ0n) is 13.6. The van der Waals surface area contributed by atoms with E-state index in [2.05, 4.69) is 12.2 Å². The molecule has 0 aliphatic rings. The fourth-order valence-electron chi connectivity index (χ4n) is 2.16. The Bertz CT molecular complexity index is 766. The largest absolute Gasteiger partial charge is 0.462 e. The Labute approximate surface area is 165 Å². The first kappa shape index (κ1) is 20.0. The van der Waals surface area contributed by atoms with E-state index in [-0.39, 0.29) is 17.2 Å². The number of rotatable bonds is 5. The van der Waals surface area contributed by atoms with Crippen LogP contribution in [0.4, 0.5) is 5.00 Å². The van der Waals surface area contributed by atoms with Crippen molar-refractivity contribution < 1.29 is 14.3 Å². The molecule has 0 unspecified atom stereocenters. The summed E-state index contributed by atoms with van der Waals surface area (Å²) in [6.07, 6.45) is 0.916. The number of thiophene rings is 1. The molecule has 1 amide bonds. The monoisotopic (exact) mass is 419 g/mol. The number of esters is 1. The predicted molar refractivity (Wildman–Crippen MR) is 104 cm³/mol. The molecule has 0 saturated heterocycles. The molecule has 0 atom stereocenters. The minimum atomic E-state index is -2.13. The van der Waals surface area contributed by atoms with Gasteiger partial charge in [0.25, 0.3) is 9.70 Å². The van der Waals surface area contributed by atoms with Crippen LogP contribution < -0.4 is 5.32 Å². The van der Waals surface area contributed by atoms with Gasteiger partial charge in [0, 0.05) is 10.9 Å². The predicted octanol–water partition coefficient (Wildman–Crippen LogP) is 5.46. The number of anilines is 1. The van der Waals surface area contributed by atoms with E-state index in [0.717, 1.165) is 12.0 Å². The fourth-order valence-corrected chi connectivity index (χ4v) is 3.26.